The predicted molar refractivity (Wildman–Crippen MR) is 53.4 cm³/mol. The van der Waals surface area contributed by atoms with Gasteiger partial charge in [0.2, 0.25) is 5.82 Å². The fourth-order valence-corrected chi connectivity index (χ4v) is 1.26. The van der Waals surface area contributed by atoms with E-state index in [4.69, 9.17) is 5.11 Å². The zero-order valence-corrected chi connectivity index (χ0v) is 8.18. The number of likely N-dealkylation sites (N-methyl/N-ethyl adjacent to an activating group) is 1. The summed E-state index contributed by atoms with van der Waals surface area (Å²) in [5.41, 5.74) is -0.400. The van der Waals surface area contributed by atoms with Gasteiger partial charge in [0, 0.05) is 13.6 Å². The molecule has 0 radical (unpaired) electrons. The number of hydrogen-bond donors (Lipinski definition) is 1. The normalized spacial score (nSPS) is 10.1. The van der Waals surface area contributed by atoms with Gasteiger partial charge in [-0.15, -0.1) is 0 Å². The molecule has 1 N–H and O–H groups in total. The SMILES string of the molecule is CN(CCO)c1cccc(F)c1[N+](=O)[O-]. The number of anilines is 1. The number of nitro groups is 1. The Morgan fingerprint density at radius 2 is 2.27 bits per heavy atom. The van der Waals surface area contributed by atoms with E-state index in [1.54, 1.807) is 7.05 Å². The highest BCUT2D eigenvalue weighted by Crippen LogP contribution is 2.29. The highest BCUT2D eigenvalue weighted by atomic mass is 19.1. The highest BCUT2D eigenvalue weighted by Gasteiger charge is 2.21. The summed E-state index contributed by atoms with van der Waals surface area (Å²) in [6, 6.07) is 3.87. The molecule has 5 nitrogen and oxygen atoms in total. The van der Waals surface area contributed by atoms with Gasteiger partial charge >= 0.3 is 5.69 Å². The van der Waals surface area contributed by atoms with E-state index in [0.29, 0.717) is 0 Å². The second kappa shape index (κ2) is 4.70. The smallest absolute Gasteiger partial charge is 0.327 e. The lowest BCUT2D eigenvalue weighted by atomic mass is 10.2. The third kappa shape index (κ3) is 2.41. The molecule has 15 heavy (non-hydrogen) atoms. The van der Waals surface area contributed by atoms with Gasteiger partial charge in [0.15, 0.2) is 0 Å². The number of para-hydroxylation sites is 1. The van der Waals surface area contributed by atoms with Gasteiger partial charge in [0.25, 0.3) is 0 Å². The lowest BCUT2D eigenvalue weighted by molar-refractivity contribution is -0.386. The van der Waals surface area contributed by atoms with Crippen LogP contribution in [0.3, 0.4) is 0 Å². The van der Waals surface area contributed by atoms with E-state index < -0.39 is 16.4 Å². The lowest BCUT2D eigenvalue weighted by Gasteiger charge is -2.17. The molecule has 0 fully saturated rings. The maximum Gasteiger partial charge on any atom is 0.327 e. The Balaban J connectivity index is 3.16. The summed E-state index contributed by atoms with van der Waals surface area (Å²) >= 11 is 0. The van der Waals surface area contributed by atoms with Crippen LogP contribution in [0.2, 0.25) is 0 Å². The number of aliphatic hydroxyl groups is 1. The Kier molecular flexibility index (Phi) is 3.56. The third-order valence-corrected chi connectivity index (χ3v) is 1.99. The summed E-state index contributed by atoms with van der Waals surface area (Å²) in [5, 5.41) is 19.3. The van der Waals surface area contributed by atoms with Gasteiger partial charge < -0.3 is 10.0 Å². The number of benzene rings is 1. The molecule has 1 aromatic rings. The molecule has 0 aromatic heterocycles. The van der Waals surface area contributed by atoms with Gasteiger partial charge in [-0.2, -0.15) is 4.39 Å². The molecule has 0 heterocycles. The molecular formula is C9H11FN2O3. The molecule has 82 valence electrons. The first-order valence-electron chi connectivity index (χ1n) is 4.33. The van der Waals surface area contributed by atoms with Crippen LogP contribution >= 0.6 is 0 Å². The van der Waals surface area contributed by atoms with Crippen molar-refractivity contribution in [3.8, 4) is 0 Å². The molecule has 1 aromatic carbocycles. The zero-order chi connectivity index (χ0) is 11.4. The molecule has 0 unspecified atom stereocenters. The second-order valence-corrected chi connectivity index (χ2v) is 3.01. The number of aliphatic hydroxyl groups excluding tert-OH is 1. The Morgan fingerprint density at radius 1 is 1.60 bits per heavy atom. The first-order valence-corrected chi connectivity index (χ1v) is 4.33. The number of nitrogens with zero attached hydrogens (tertiary/aromatic N) is 2. The van der Waals surface area contributed by atoms with Gasteiger partial charge in [-0.25, -0.2) is 0 Å². The Labute approximate surface area is 85.9 Å². The zero-order valence-electron chi connectivity index (χ0n) is 8.18. The molecule has 1 rings (SSSR count). The molecular weight excluding hydrogens is 203 g/mol. The van der Waals surface area contributed by atoms with E-state index in [0.717, 1.165) is 6.07 Å². The van der Waals surface area contributed by atoms with E-state index in [-0.39, 0.29) is 18.8 Å². The van der Waals surface area contributed by atoms with Crippen molar-refractivity contribution in [2.45, 2.75) is 0 Å². The molecule has 0 spiro atoms. The molecule has 0 atom stereocenters. The van der Waals surface area contributed by atoms with Crippen LogP contribution < -0.4 is 4.90 Å². The van der Waals surface area contributed by atoms with Crippen molar-refractivity contribution in [1.82, 2.24) is 0 Å². The van der Waals surface area contributed by atoms with Crippen LogP contribution in [-0.4, -0.2) is 30.2 Å². The first-order chi connectivity index (χ1) is 7.07. The lowest BCUT2D eigenvalue weighted by Crippen LogP contribution is -2.22. The number of nitro benzene ring substituents is 1. The average molecular weight is 214 g/mol. The maximum atomic E-state index is 13.2. The van der Waals surface area contributed by atoms with Crippen LogP contribution in [0.25, 0.3) is 0 Å². The first kappa shape index (κ1) is 11.4. The molecule has 0 aliphatic heterocycles. The average Bonchev–Trinajstić information content (AvgIpc) is 2.17. The van der Waals surface area contributed by atoms with Crippen molar-refractivity contribution in [3.05, 3.63) is 34.1 Å². The monoisotopic (exact) mass is 214 g/mol. The fraction of sp³-hybridized carbons (Fsp3) is 0.333. The van der Waals surface area contributed by atoms with Gasteiger partial charge in [0.1, 0.15) is 5.69 Å². The van der Waals surface area contributed by atoms with Crippen LogP contribution in [0.4, 0.5) is 15.8 Å². The minimum absolute atomic E-state index is 0.149. The number of halogens is 1. The maximum absolute atomic E-state index is 13.2. The summed E-state index contributed by atoms with van der Waals surface area (Å²) in [6.07, 6.45) is 0. The largest absolute Gasteiger partial charge is 0.395 e. The molecule has 0 saturated heterocycles. The van der Waals surface area contributed by atoms with Crippen LogP contribution in [0.1, 0.15) is 0 Å². The van der Waals surface area contributed by atoms with E-state index in [2.05, 4.69) is 0 Å². The predicted octanol–water partition coefficient (Wildman–Crippen LogP) is 1.16. The van der Waals surface area contributed by atoms with Crippen molar-refractivity contribution < 1.29 is 14.4 Å². The number of hydrogen-bond acceptors (Lipinski definition) is 4. The highest BCUT2D eigenvalue weighted by molar-refractivity contribution is 5.63. The Morgan fingerprint density at radius 3 is 2.80 bits per heavy atom. The van der Waals surface area contributed by atoms with Crippen molar-refractivity contribution in [1.29, 1.82) is 0 Å². The summed E-state index contributed by atoms with van der Waals surface area (Å²) in [4.78, 5) is 11.3. The Bertz CT molecular complexity index is 370. The van der Waals surface area contributed by atoms with E-state index >= 15 is 0 Å². The summed E-state index contributed by atoms with van der Waals surface area (Å²) < 4.78 is 13.2. The van der Waals surface area contributed by atoms with Crippen molar-refractivity contribution >= 4 is 11.4 Å². The van der Waals surface area contributed by atoms with Crippen molar-refractivity contribution in [2.75, 3.05) is 25.1 Å². The quantitative estimate of drug-likeness (QED) is 0.603. The molecule has 6 heteroatoms. The van der Waals surface area contributed by atoms with Gasteiger partial charge in [-0.1, -0.05) is 6.07 Å². The van der Waals surface area contributed by atoms with Crippen LogP contribution in [0.5, 0.6) is 0 Å². The van der Waals surface area contributed by atoms with Gasteiger partial charge in [-0.3, -0.25) is 10.1 Å². The van der Waals surface area contributed by atoms with Crippen LogP contribution in [0.15, 0.2) is 18.2 Å². The van der Waals surface area contributed by atoms with E-state index in [9.17, 15) is 14.5 Å². The van der Waals surface area contributed by atoms with Gasteiger partial charge in [0.05, 0.1) is 11.5 Å². The molecule has 0 bridgehead atoms. The van der Waals surface area contributed by atoms with Crippen LogP contribution in [-0.2, 0) is 0 Å². The molecule has 0 saturated carbocycles. The fourth-order valence-electron chi connectivity index (χ4n) is 1.26. The summed E-state index contributed by atoms with van der Waals surface area (Å²) in [6.45, 7) is 0.0639. The second-order valence-electron chi connectivity index (χ2n) is 3.01. The summed E-state index contributed by atoms with van der Waals surface area (Å²) in [7, 11) is 1.55. The van der Waals surface area contributed by atoms with Crippen LogP contribution in [0, 0.1) is 15.9 Å². The third-order valence-electron chi connectivity index (χ3n) is 1.99. The van der Waals surface area contributed by atoms with E-state index in [1.165, 1.54) is 17.0 Å². The minimum Gasteiger partial charge on any atom is -0.395 e. The molecule has 0 aliphatic carbocycles. The number of rotatable bonds is 4. The van der Waals surface area contributed by atoms with Gasteiger partial charge in [-0.05, 0) is 12.1 Å². The summed E-state index contributed by atoms with van der Waals surface area (Å²) in [5.74, 6) is -0.873. The van der Waals surface area contributed by atoms with Crippen molar-refractivity contribution in [2.24, 2.45) is 0 Å². The standard InChI is InChI=1S/C9H11FN2O3/c1-11(5-6-13)8-4-2-3-7(10)9(8)12(14)15/h2-4,13H,5-6H2,1H3. The topological polar surface area (TPSA) is 66.6 Å². The van der Waals surface area contributed by atoms with E-state index in [1.807, 2.05) is 0 Å². The molecule has 0 amide bonds. The minimum atomic E-state index is -0.873. The molecule has 0 aliphatic rings. The van der Waals surface area contributed by atoms with Crippen molar-refractivity contribution in [3.63, 3.8) is 0 Å². The Hall–Kier alpha value is -1.69.